The zero-order valence-electron chi connectivity index (χ0n) is 12.3. The summed E-state index contributed by atoms with van der Waals surface area (Å²) in [5.41, 5.74) is 1.80. The van der Waals surface area contributed by atoms with Crippen molar-refractivity contribution < 1.29 is 4.79 Å². The second kappa shape index (κ2) is 8.32. The average Bonchev–Trinajstić information content (AvgIpc) is 2.52. The Bertz CT molecular complexity index is 631. The van der Waals surface area contributed by atoms with Crippen LogP contribution in [0.1, 0.15) is 24.9 Å². The highest BCUT2D eigenvalue weighted by Crippen LogP contribution is 2.21. The van der Waals surface area contributed by atoms with Gasteiger partial charge >= 0.3 is 0 Å². The van der Waals surface area contributed by atoms with Gasteiger partial charge in [-0.15, -0.1) is 0 Å². The van der Waals surface area contributed by atoms with Gasteiger partial charge < -0.3 is 10.6 Å². The molecule has 0 heterocycles. The van der Waals surface area contributed by atoms with E-state index in [1.54, 1.807) is 12.1 Å². The molecule has 0 aromatic heterocycles. The van der Waals surface area contributed by atoms with Gasteiger partial charge in [0.1, 0.15) is 0 Å². The van der Waals surface area contributed by atoms with E-state index in [1.807, 2.05) is 24.3 Å². The predicted octanol–water partition coefficient (Wildman–Crippen LogP) is 4.78. The number of para-hydroxylation sites is 1. The van der Waals surface area contributed by atoms with Crippen LogP contribution < -0.4 is 10.6 Å². The van der Waals surface area contributed by atoms with Crippen LogP contribution in [0.3, 0.4) is 0 Å². The van der Waals surface area contributed by atoms with Crippen molar-refractivity contribution in [3.05, 3.63) is 63.6 Å². The SMILES string of the molecule is CC[C@H](NCC(=O)Nc1ccccc1Cl)c1ccc(Br)cc1. The van der Waals surface area contributed by atoms with Crippen molar-refractivity contribution in [1.82, 2.24) is 5.32 Å². The fourth-order valence-corrected chi connectivity index (χ4v) is 2.61. The van der Waals surface area contributed by atoms with Crippen molar-refractivity contribution in [2.75, 3.05) is 11.9 Å². The van der Waals surface area contributed by atoms with Gasteiger partial charge in [-0.25, -0.2) is 0 Å². The lowest BCUT2D eigenvalue weighted by molar-refractivity contribution is -0.115. The lowest BCUT2D eigenvalue weighted by atomic mass is 10.0. The molecule has 0 unspecified atom stereocenters. The molecule has 2 N–H and O–H groups in total. The van der Waals surface area contributed by atoms with E-state index in [4.69, 9.17) is 11.6 Å². The van der Waals surface area contributed by atoms with Crippen LogP contribution in [0, 0.1) is 0 Å². The first-order valence-electron chi connectivity index (χ1n) is 7.13. The lowest BCUT2D eigenvalue weighted by Gasteiger charge is -2.17. The summed E-state index contributed by atoms with van der Waals surface area (Å²) in [7, 11) is 0. The molecule has 1 amide bonds. The van der Waals surface area contributed by atoms with Crippen LogP contribution in [-0.4, -0.2) is 12.5 Å². The molecule has 0 saturated heterocycles. The molecule has 2 aromatic carbocycles. The zero-order valence-corrected chi connectivity index (χ0v) is 14.6. The Hall–Kier alpha value is -1.36. The highest BCUT2D eigenvalue weighted by Gasteiger charge is 2.11. The number of halogens is 2. The summed E-state index contributed by atoms with van der Waals surface area (Å²) in [4.78, 5) is 12.0. The van der Waals surface area contributed by atoms with Crippen molar-refractivity contribution in [3.8, 4) is 0 Å². The molecule has 5 heteroatoms. The number of nitrogens with one attached hydrogen (secondary N) is 2. The molecule has 22 heavy (non-hydrogen) atoms. The Labute approximate surface area is 144 Å². The molecule has 0 fully saturated rings. The summed E-state index contributed by atoms with van der Waals surface area (Å²) in [5.74, 6) is -0.108. The summed E-state index contributed by atoms with van der Waals surface area (Å²) in [6, 6.07) is 15.5. The minimum absolute atomic E-state index is 0.108. The van der Waals surface area contributed by atoms with Gasteiger partial charge in [-0.2, -0.15) is 0 Å². The molecule has 1 atom stereocenters. The van der Waals surface area contributed by atoms with Crippen LogP contribution >= 0.6 is 27.5 Å². The van der Waals surface area contributed by atoms with Crippen LogP contribution in [0.5, 0.6) is 0 Å². The molecule has 0 aliphatic rings. The largest absolute Gasteiger partial charge is 0.324 e. The average molecular weight is 382 g/mol. The molecule has 3 nitrogen and oxygen atoms in total. The Kier molecular flexibility index (Phi) is 6.43. The molecule has 0 bridgehead atoms. The summed E-state index contributed by atoms with van der Waals surface area (Å²) in [6.07, 6.45) is 0.904. The number of benzene rings is 2. The monoisotopic (exact) mass is 380 g/mol. The van der Waals surface area contributed by atoms with E-state index in [2.05, 4.69) is 45.6 Å². The predicted molar refractivity (Wildman–Crippen MR) is 95.3 cm³/mol. The van der Waals surface area contributed by atoms with Crippen molar-refractivity contribution in [1.29, 1.82) is 0 Å². The Morgan fingerprint density at radius 3 is 2.50 bits per heavy atom. The summed E-state index contributed by atoms with van der Waals surface area (Å²) in [6.45, 7) is 2.32. The van der Waals surface area contributed by atoms with Gasteiger partial charge in [0.25, 0.3) is 0 Å². The normalized spacial score (nSPS) is 12.0. The van der Waals surface area contributed by atoms with Crippen LogP contribution in [0.4, 0.5) is 5.69 Å². The number of hydrogen-bond acceptors (Lipinski definition) is 2. The van der Waals surface area contributed by atoms with Crippen LogP contribution in [-0.2, 0) is 4.79 Å². The molecule has 116 valence electrons. The molecule has 0 saturated carbocycles. The summed E-state index contributed by atoms with van der Waals surface area (Å²) >= 11 is 9.45. The van der Waals surface area contributed by atoms with E-state index in [1.165, 1.54) is 0 Å². The molecule has 2 aromatic rings. The number of rotatable bonds is 6. The topological polar surface area (TPSA) is 41.1 Å². The quantitative estimate of drug-likeness (QED) is 0.756. The highest BCUT2D eigenvalue weighted by molar-refractivity contribution is 9.10. The maximum absolute atomic E-state index is 12.0. The van der Waals surface area contributed by atoms with Crippen molar-refractivity contribution >= 4 is 39.1 Å². The number of carbonyl (C=O) groups excluding carboxylic acids is 1. The smallest absolute Gasteiger partial charge is 0.238 e. The zero-order chi connectivity index (χ0) is 15.9. The van der Waals surface area contributed by atoms with Gasteiger partial charge in [0.15, 0.2) is 0 Å². The molecule has 0 aliphatic heterocycles. The minimum Gasteiger partial charge on any atom is -0.324 e. The number of anilines is 1. The molecule has 0 aliphatic carbocycles. The Morgan fingerprint density at radius 2 is 1.86 bits per heavy atom. The van der Waals surface area contributed by atoms with E-state index in [-0.39, 0.29) is 18.5 Å². The number of carbonyl (C=O) groups is 1. The van der Waals surface area contributed by atoms with Crippen molar-refractivity contribution in [2.24, 2.45) is 0 Å². The van der Waals surface area contributed by atoms with Crippen LogP contribution in [0.25, 0.3) is 0 Å². The summed E-state index contributed by atoms with van der Waals surface area (Å²) < 4.78 is 1.04. The fourth-order valence-electron chi connectivity index (χ4n) is 2.17. The molecule has 2 rings (SSSR count). The summed E-state index contributed by atoms with van der Waals surface area (Å²) in [5, 5.41) is 6.62. The van der Waals surface area contributed by atoms with Crippen molar-refractivity contribution in [2.45, 2.75) is 19.4 Å². The highest BCUT2D eigenvalue weighted by atomic mass is 79.9. The first-order chi connectivity index (χ1) is 10.6. The van der Waals surface area contributed by atoms with E-state index in [0.717, 1.165) is 16.5 Å². The fraction of sp³-hybridized carbons (Fsp3) is 0.235. The number of hydrogen-bond donors (Lipinski definition) is 2. The third kappa shape index (κ3) is 4.83. The van der Waals surface area contributed by atoms with Gasteiger partial charge in [0.2, 0.25) is 5.91 Å². The lowest BCUT2D eigenvalue weighted by Crippen LogP contribution is -2.31. The van der Waals surface area contributed by atoms with E-state index < -0.39 is 0 Å². The van der Waals surface area contributed by atoms with E-state index in [9.17, 15) is 4.79 Å². The van der Waals surface area contributed by atoms with Gasteiger partial charge in [0, 0.05) is 10.5 Å². The number of amides is 1. The van der Waals surface area contributed by atoms with Crippen LogP contribution in [0.15, 0.2) is 53.0 Å². The minimum atomic E-state index is -0.108. The molecule has 0 radical (unpaired) electrons. The van der Waals surface area contributed by atoms with E-state index >= 15 is 0 Å². The van der Waals surface area contributed by atoms with Gasteiger partial charge in [-0.1, -0.05) is 58.7 Å². The third-order valence-electron chi connectivity index (χ3n) is 3.34. The van der Waals surface area contributed by atoms with Crippen LogP contribution in [0.2, 0.25) is 5.02 Å². The van der Waals surface area contributed by atoms with Crippen molar-refractivity contribution in [3.63, 3.8) is 0 Å². The molecule has 0 spiro atoms. The Balaban J connectivity index is 1.91. The first kappa shape index (κ1) is 17.0. The van der Waals surface area contributed by atoms with Gasteiger partial charge in [-0.3, -0.25) is 4.79 Å². The molecular weight excluding hydrogens is 364 g/mol. The Morgan fingerprint density at radius 1 is 1.18 bits per heavy atom. The third-order valence-corrected chi connectivity index (χ3v) is 4.20. The maximum atomic E-state index is 12.0. The van der Waals surface area contributed by atoms with E-state index in [0.29, 0.717) is 10.7 Å². The second-order valence-corrected chi connectivity index (χ2v) is 6.24. The standard InChI is InChI=1S/C17H18BrClN2O/c1-2-15(12-7-9-13(18)10-8-12)20-11-17(22)21-16-6-4-3-5-14(16)19/h3-10,15,20H,2,11H2,1H3,(H,21,22)/t15-/m0/s1. The molecular formula is C17H18BrClN2O. The first-order valence-corrected chi connectivity index (χ1v) is 8.30. The second-order valence-electron chi connectivity index (χ2n) is 4.92. The van der Waals surface area contributed by atoms with Gasteiger partial charge in [-0.05, 0) is 36.2 Å². The van der Waals surface area contributed by atoms with Gasteiger partial charge in [0.05, 0.1) is 17.3 Å². The maximum Gasteiger partial charge on any atom is 0.238 e.